The summed E-state index contributed by atoms with van der Waals surface area (Å²) in [7, 11) is 1.32. The summed E-state index contributed by atoms with van der Waals surface area (Å²) in [6, 6.07) is 7.25. The number of ether oxygens (including phenoxy) is 2. The molecule has 5 rings (SSSR count). The number of allylic oxidation sites excluding steroid dienone is 1. The molecular weight excluding hydrogens is 512 g/mol. The average Bonchev–Trinajstić information content (AvgIpc) is 3.31. The Kier molecular flexibility index (Phi) is 6.98. The number of nitrogens with one attached hydrogen (secondary N) is 2. The van der Waals surface area contributed by atoms with E-state index in [1.807, 2.05) is 35.2 Å². The molecule has 2 atom stereocenters. The maximum atomic E-state index is 13.8. The van der Waals surface area contributed by atoms with E-state index in [0.29, 0.717) is 26.2 Å². The highest BCUT2D eigenvalue weighted by Crippen LogP contribution is 2.58. The summed E-state index contributed by atoms with van der Waals surface area (Å²) in [5.74, 6) is 0.711. The van der Waals surface area contributed by atoms with Crippen molar-refractivity contribution in [2.24, 2.45) is 5.41 Å². The predicted octanol–water partition coefficient (Wildman–Crippen LogP) is 4.87. The van der Waals surface area contributed by atoms with Crippen LogP contribution in [0.5, 0.6) is 0 Å². The highest BCUT2D eigenvalue weighted by molar-refractivity contribution is 9.10. The van der Waals surface area contributed by atoms with Crippen LogP contribution in [0, 0.1) is 5.41 Å². The van der Waals surface area contributed by atoms with Crippen LogP contribution in [0.2, 0.25) is 0 Å². The van der Waals surface area contributed by atoms with Crippen molar-refractivity contribution in [2.45, 2.75) is 57.2 Å². The lowest BCUT2D eigenvalue weighted by Crippen LogP contribution is -2.48. The molecule has 1 saturated carbocycles. The minimum absolute atomic E-state index is 0.0672. The molecule has 2 aromatic rings. The zero-order chi connectivity index (χ0) is 24.4. The molecule has 35 heavy (non-hydrogen) atoms. The summed E-state index contributed by atoms with van der Waals surface area (Å²) in [5.41, 5.74) is 2.90. The summed E-state index contributed by atoms with van der Waals surface area (Å²) in [4.78, 5) is 36.3. The highest BCUT2D eigenvalue weighted by atomic mass is 79.9. The van der Waals surface area contributed by atoms with Gasteiger partial charge in [0.15, 0.2) is 0 Å². The molecule has 1 spiro atoms. The molecule has 0 unspecified atom stereocenters. The number of amides is 2. The number of fused-ring (bicyclic) bond motifs is 4. The molecule has 2 aliphatic heterocycles. The van der Waals surface area contributed by atoms with Crippen LogP contribution in [0.3, 0.4) is 0 Å². The van der Waals surface area contributed by atoms with Gasteiger partial charge in [-0.25, -0.2) is 9.78 Å². The quantitative estimate of drug-likeness (QED) is 0.527. The molecule has 0 radical (unpaired) electrons. The summed E-state index contributed by atoms with van der Waals surface area (Å²) in [6.07, 6.45) is 8.70. The van der Waals surface area contributed by atoms with Crippen molar-refractivity contribution < 1.29 is 19.1 Å². The van der Waals surface area contributed by atoms with Crippen molar-refractivity contribution in [1.82, 2.24) is 20.2 Å². The van der Waals surface area contributed by atoms with Gasteiger partial charge in [0.25, 0.3) is 0 Å². The van der Waals surface area contributed by atoms with Gasteiger partial charge < -0.3 is 24.7 Å². The van der Waals surface area contributed by atoms with Gasteiger partial charge in [-0.1, -0.05) is 40.2 Å². The maximum Gasteiger partial charge on any atom is 0.407 e. The number of methoxy groups -OCH3 is 1. The van der Waals surface area contributed by atoms with Crippen molar-refractivity contribution in [3.05, 3.63) is 52.4 Å². The number of nitrogens with zero attached hydrogens (tertiary/aromatic N) is 2. The second kappa shape index (κ2) is 10.1. The Balaban J connectivity index is 1.52. The number of rotatable bonds is 2. The maximum absolute atomic E-state index is 13.8. The van der Waals surface area contributed by atoms with E-state index in [1.54, 1.807) is 0 Å². The van der Waals surface area contributed by atoms with E-state index >= 15 is 0 Å². The first-order chi connectivity index (χ1) is 17.0. The third-order valence-corrected chi connectivity index (χ3v) is 7.77. The molecule has 2 fully saturated rings. The van der Waals surface area contributed by atoms with Crippen molar-refractivity contribution in [3.63, 3.8) is 0 Å². The van der Waals surface area contributed by atoms with Crippen LogP contribution in [-0.4, -0.2) is 53.2 Å². The third kappa shape index (κ3) is 5.30. The summed E-state index contributed by atoms with van der Waals surface area (Å²) in [5, 5.41) is 2.78. The number of benzene rings is 1. The average molecular weight is 543 g/mol. The van der Waals surface area contributed by atoms with Gasteiger partial charge in [-0.3, -0.25) is 4.79 Å². The zero-order valence-electron chi connectivity index (χ0n) is 19.9. The van der Waals surface area contributed by atoms with Crippen molar-refractivity contribution >= 4 is 27.9 Å². The molecule has 1 aromatic heterocycles. The van der Waals surface area contributed by atoms with Gasteiger partial charge in [-0.15, -0.1) is 0 Å². The van der Waals surface area contributed by atoms with Gasteiger partial charge in [0.2, 0.25) is 5.91 Å². The number of carbonyl (C=O) groups is 2. The van der Waals surface area contributed by atoms with Gasteiger partial charge in [0.05, 0.1) is 37.8 Å². The lowest BCUT2D eigenvalue weighted by Gasteiger charge is -2.28. The lowest BCUT2D eigenvalue weighted by molar-refractivity contribution is -0.134. The van der Waals surface area contributed by atoms with Gasteiger partial charge in [0, 0.05) is 16.6 Å². The topological polar surface area (TPSA) is 96.6 Å². The minimum Gasteiger partial charge on any atom is -0.453 e. The molecule has 2 bridgehead atoms. The Bertz CT molecular complexity index is 1110. The van der Waals surface area contributed by atoms with Crippen LogP contribution >= 0.6 is 15.9 Å². The predicted molar refractivity (Wildman–Crippen MR) is 134 cm³/mol. The van der Waals surface area contributed by atoms with E-state index in [0.717, 1.165) is 59.4 Å². The van der Waals surface area contributed by atoms with Gasteiger partial charge >= 0.3 is 6.09 Å². The summed E-state index contributed by atoms with van der Waals surface area (Å²) in [6.45, 7) is 1.59. The molecule has 1 saturated heterocycles. The number of aromatic amines is 1. The first-order valence-electron chi connectivity index (χ1n) is 12.2. The fraction of sp³-hybridized carbons (Fsp3) is 0.500. The van der Waals surface area contributed by atoms with Gasteiger partial charge in [0.1, 0.15) is 11.9 Å². The van der Waals surface area contributed by atoms with Crippen molar-refractivity contribution in [1.29, 1.82) is 0 Å². The largest absolute Gasteiger partial charge is 0.453 e. The Hall–Kier alpha value is -2.65. The normalized spacial score (nSPS) is 24.9. The second-order valence-corrected chi connectivity index (χ2v) is 10.7. The van der Waals surface area contributed by atoms with E-state index in [1.165, 1.54) is 7.11 Å². The Labute approximate surface area is 213 Å². The number of carbonyl (C=O) groups excluding carboxylic acids is 2. The number of hydrogen-bond acceptors (Lipinski definition) is 5. The smallest absolute Gasteiger partial charge is 0.407 e. The van der Waals surface area contributed by atoms with Crippen LogP contribution in [-0.2, 0) is 20.9 Å². The number of H-pyrrole nitrogens is 1. The second-order valence-electron chi connectivity index (χ2n) is 9.75. The van der Waals surface area contributed by atoms with Crippen molar-refractivity contribution in [2.75, 3.05) is 20.3 Å². The SMILES string of the molecule is COC(=O)N[C@H]1CCC/C=C\COCc2[nH]c(nc2-c2ccc(Br)cc2)[C@@H]2CC3(CC3)CN2C1=O. The molecule has 8 nitrogen and oxygen atoms in total. The molecule has 186 valence electrons. The summed E-state index contributed by atoms with van der Waals surface area (Å²) < 4.78 is 11.8. The van der Waals surface area contributed by atoms with Crippen LogP contribution < -0.4 is 5.32 Å². The minimum atomic E-state index is -0.631. The van der Waals surface area contributed by atoms with Crippen LogP contribution in [0.4, 0.5) is 4.79 Å². The van der Waals surface area contributed by atoms with E-state index in [2.05, 4.69) is 32.3 Å². The molecule has 3 heterocycles. The van der Waals surface area contributed by atoms with Gasteiger partial charge in [-0.05, 0) is 56.1 Å². The highest BCUT2D eigenvalue weighted by Gasteiger charge is 2.55. The number of aromatic nitrogens is 2. The number of alkyl carbamates (subject to hydrolysis) is 1. The summed E-state index contributed by atoms with van der Waals surface area (Å²) >= 11 is 3.50. The zero-order valence-corrected chi connectivity index (χ0v) is 21.5. The monoisotopic (exact) mass is 542 g/mol. The Morgan fingerprint density at radius 3 is 2.83 bits per heavy atom. The van der Waals surface area contributed by atoms with Crippen LogP contribution in [0.25, 0.3) is 11.3 Å². The molecule has 2 N–H and O–H groups in total. The van der Waals surface area contributed by atoms with Gasteiger partial charge in [-0.2, -0.15) is 0 Å². The molecule has 1 aliphatic carbocycles. The first kappa shape index (κ1) is 24.1. The molecule has 1 aromatic carbocycles. The molecule has 9 heteroatoms. The molecule has 3 aliphatic rings. The lowest BCUT2D eigenvalue weighted by atomic mass is 10.0. The fourth-order valence-corrected chi connectivity index (χ4v) is 5.39. The van der Waals surface area contributed by atoms with Crippen LogP contribution in [0.15, 0.2) is 40.9 Å². The Morgan fingerprint density at radius 1 is 1.29 bits per heavy atom. The third-order valence-electron chi connectivity index (χ3n) is 7.25. The van der Waals surface area contributed by atoms with E-state index in [-0.39, 0.29) is 17.4 Å². The van der Waals surface area contributed by atoms with E-state index in [4.69, 9.17) is 14.5 Å². The number of imidazole rings is 1. The number of halogens is 1. The number of hydrogen-bond donors (Lipinski definition) is 2. The van der Waals surface area contributed by atoms with E-state index in [9.17, 15) is 9.59 Å². The fourth-order valence-electron chi connectivity index (χ4n) is 5.12. The molecule has 2 amide bonds. The molecular formula is C26H31BrN4O4. The van der Waals surface area contributed by atoms with Crippen LogP contribution in [0.1, 0.15) is 56.1 Å². The van der Waals surface area contributed by atoms with E-state index < -0.39 is 12.1 Å². The standard InChI is InChI=1S/C26H31BrN4O4/c1-34-25(33)29-19-6-4-2-3-5-13-35-15-20-22(17-7-9-18(27)10-8-17)30-23(28-20)21-14-26(11-12-26)16-31(21)24(19)32/h3,5,7-10,19,21H,2,4,6,11-16H2,1H3,(H,28,30)(H,29,33)/b5-3-/t19-,21-/m0/s1. The van der Waals surface area contributed by atoms with Crippen molar-refractivity contribution in [3.8, 4) is 11.3 Å². The Morgan fingerprint density at radius 2 is 2.09 bits per heavy atom. The first-order valence-corrected chi connectivity index (χ1v) is 13.0.